The van der Waals surface area contributed by atoms with Gasteiger partial charge < -0.3 is 76.9 Å². The fourth-order valence-electron chi connectivity index (χ4n) is 12.3. The lowest BCUT2D eigenvalue weighted by atomic mass is 9.61. The number of nitriles is 4. The minimum Gasteiger partial charge on any atom is -0.388 e. The number of rotatable bonds is 3. The van der Waals surface area contributed by atoms with Crippen LogP contribution in [0.25, 0.3) is 0 Å². The summed E-state index contributed by atoms with van der Waals surface area (Å²) in [5, 5.41) is 57.8. The first kappa shape index (κ1) is 62.7. The minimum atomic E-state index is -0.621. The van der Waals surface area contributed by atoms with Gasteiger partial charge >= 0.3 is 0 Å². The van der Waals surface area contributed by atoms with Crippen molar-refractivity contribution < 1.29 is 76.9 Å². The van der Waals surface area contributed by atoms with Crippen LogP contribution in [0.2, 0.25) is 0 Å². The zero-order valence-corrected chi connectivity index (χ0v) is 49.6. The van der Waals surface area contributed by atoms with E-state index in [1.807, 2.05) is 0 Å². The molecule has 0 amide bonds. The molecule has 24 unspecified atom stereocenters. The largest absolute Gasteiger partial charge is 0.388 e. The van der Waals surface area contributed by atoms with Crippen LogP contribution in [0.5, 0.6) is 0 Å². The van der Waals surface area contributed by atoms with Gasteiger partial charge in [0.25, 0.3) is 25.9 Å². The molecule has 70 heavy (non-hydrogen) atoms. The first-order valence-corrected chi connectivity index (χ1v) is 26.1. The molecular weight excluding hydrogens is 1320 g/mol. The van der Waals surface area contributed by atoms with Crippen molar-refractivity contribution in [3.8, 4) is 26.3 Å². The molecule has 13 heterocycles. The van der Waals surface area contributed by atoms with E-state index >= 15 is 0 Å². The molecule has 20 nitrogen and oxygen atoms in total. The zero-order valence-electron chi connectivity index (χ0n) is 39.8. The molecule has 398 valence electrons. The first-order valence-electron chi connectivity index (χ1n) is 22.1. The van der Waals surface area contributed by atoms with Gasteiger partial charge in [0, 0.05) is 84.3 Å². The predicted octanol–water partition coefficient (Wildman–Crippen LogP) is 6.11. The Labute approximate surface area is 463 Å². The molecular formula is C44H64Br6N4O16. The van der Waals surface area contributed by atoms with Crippen LogP contribution >= 0.6 is 97.7 Å². The molecule has 0 aromatic heterocycles. The van der Waals surface area contributed by atoms with Crippen LogP contribution in [0.4, 0.5) is 0 Å². The standard InChI is InChI=1S/C10H14Br2O4.2C10H15BrO4.C10H14O4.4CHN.2BrH/c1-9-3-4-5(13)6(10(9,2)7(11)12)15-8(14-4)16-9;2*1-9(4-11)7-6(12)5-3-10(9,2)15-8(13-5)14-7;1-9-4-11-6-5-3-10(9,2)14-8(12-5)13-7(6)9;4*1-2;;/h4-8,13H,3H2,1-2H3;2*5-8,12H,3-4H2,1-2H3;5-8H,3-4H2,1-2H3;4*1H;2*1H. The van der Waals surface area contributed by atoms with Crippen LogP contribution in [0.3, 0.4) is 0 Å². The lowest BCUT2D eigenvalue weighted by molar-refractivity contribution is -0.496. The molecule has 3 N–H and O–H groups in total. The normalized spacial score (nSPS) is 54.3. The number of hydrogen-bond donors (Lipinski definition) is 3. The highest BCUT2D eigenvalue weighted by Gasteiger charge is 2.73. The van der Waals surface area contributed by atoms with E-state index < -0.39 is 44.2 Å². The summed E-state index contributed by atoms with van der Waals surface area (Å²) in [6.07, 6.45) is 0.762. The molecule has 0 radical (unpaired) electrons. The van der Waals surface area contributed by atoms with E-state index in [1.165, 1.54) is 0 Å². The molecule has 24 atom stereocenters. The molecule has 18 bridgehead atoms. The third-order valence-corrected chi connectivity index (χ3v) is 21.8. The van der Waals surface area contributed by atoms with E-state index in [9.17, 15) is 15.3 Å². The molecule has 17 aliphatic rings. The fraction of sp³-hybridized carbons (Fsp3) is 0.909. The third kappa shape index (κ3) is 9.28. The summed E-state index contributed by atoms with van der Waals surface area (Å²) in [6.45, 7) is 29.3. The summed E-state index contributed by atoms with van der Waals surface area (Å²) in [5.74, 6) is 0. The van der Waals surface area contributed by atoms with E-state index in [0.717, 1.165) is 36.5 Å². The topological polar surface area (TPSA) is 276 Å². The number of ether oxygens (including phenoxy) is 13. The second-order valence-electron chi connectivity index (χ2n) is 20.6. The van der Waals surface area contributed by atoms with E-state index in [1.54, 1.807) is 0 Å². The molecule has 13 saturated heterocycles. The highest BCUT2D eigenvalue weighted by Crippen LogP contribution is 2.62. The zero-order chi connectivity index (χ0) is 51.0. The van der Waals surface area contributed by atoms with Gasteiger partial charge in [-0.05, 0) is 27.7 Å². The molecule has 17 rings (SSSR count). The van der Waals surface area contributed by atoms with Crippen molar-refractivity contribution in [2.45, 2.75) is 206 Å². The number of alkyl halides is 4. The Morgan fingerprint density at radius 2 is 0.786 bits per heavy atom. The Hall–Kier alpha value is 0.200. The molecule has 0 spiro atoms. The predicted molar refractivity (Wildman–Crippen MR) is 267 cm³/mol. The SMILES string of the molecule is Br.Br.C#N.C#N.C#N.C#N.CC12CC3OC(OC(C3O)C1(C)C(Br)Br)O2.CC12CC3OC(OC(C3O)C1(C)CBr)O2.CC12CC3OC(OC(C3O)C1(C)CBr)O2.CC12CC3OC(OC4C3OCC41C)O2. The highest BCUT2D eigenvalue weighted by atomic mass is 79.9. The summed E-state index contributed by atoms with van der Waals surface area (Å²) >= 11 is 14.1. The molecule has 13 aliphatic heterocycles. The Morgan fingerprint density at radius 3 is 1.19 bits per heavy atom. The maximum atomic E-state index is 10.2. The van der Waals surface area contributed by atoms with Gasteiger partial charge in [-0.3, -0.25) is 0 Å². The van der Waals surface area contributed by atoms with Crippen molar-refractivity contribution in [2.24, 2.45) is 21.7 Å². The van der Waals surface area contributed by atoms with Gasteiger partial charge in [-0.15, -0.1) is 34.0 Å². The maximum absolute atomic E-state index is 10.2. The Bertz CT molecular complexity index is 1840. The lowest BCUT2D eigenvalue weighted by Gasteiger charge is -2.65. The van der Waals surface area contributed by atoms with E-state index in [4.69, 9.17) is 82.6 Å². The summed E-state index contributed by atoms with van der Waals surface area (Å²) in [7, 11) is 0. The van der Waals surface area contributed by atoms with Gasteiger partial charge in [-0.2, -0.15) is 0 Å². The van der Waals surface area contributed by atoms with Crippen molar-refractivity contribution >= 4 is 97.7 Å². The lowest BCUT2D eigenvalue weighted by Crippen LogP contribution is -2.77. The average molecular weight is 1380 g/mol. The van der Waals surface area contributed by atoms with E-state index in [2.05, 4.69) is 145 Å². The van der Waals surface area contributed by atoms with Crippen molar-refractivity contribution in [3.05, 3.63) is 0 Å². The van der Waals surface area contributed by atoms with Crippen LogP contribution in [0.1, 0.15) is 81.1 Å². The maximum Gasteiger partial charge on any atom is 0.272 e. The van der Waals surface area contributed by atoms with Crippen LogP contribution in [0, 0.1) is 69.0 Å². The van der Waals surface area contributed by atoms with Gasteiger partial charge in [-0.25, -0.2) is 21.0 Å². The number of aliphatic hydroxyl groups is 3. The average Bonchev–Trinajstić information content (AvgIpc) is 3.65. The molecule has 17 fully saturated rings. The molecule has 4 saturated carbocycles. The van der Waals surface area contributed by atoms with Crippen molar-refractivity contribution in [3.63, 3.8) is 0 Å². The minimum absolute atomic E-state index is 0. The number of nitrogens with zero attached hydrogens (tertiary/aromatic N) is 4. The Kier molecular flexibility index (Phi) is 20.3. The van der Waals surface area contributed by atoms with Gasteiger partial charge in [0.1, 0.15) is 48.8 Å². The Balaban J connectivity index is 0.000000192. The third-order valence-electron chi connectivity index (χ3n) is 17.5. The van der Waals surface area contributed by atoms with Gasteiger partial charge in [-0.1, -0.05) is 91.4 Å². The number of hydrogen-bond acceptors (Lipinski definition) is 20. The van der Waals surface area contributed by atoms with Crippen molar-refractivity contribution in [1.29, 1.82) is 21.0 Å². The number of halogens is 6. The highest BCUT2D eigenvalue weighted by molar-refractivity contribution is 9.24. The van der Waals surface area contributed by atoms with Gasteiger partial charge in [0.15, 0.2) is 0 Å². The van der Waals surface area contributed by atoms with Crippen molar-refractivity contribution in [1.82, 2.24) is 0 Å². The molecule has 0 aromatic carbocycles. The Morgan fingerprint density at radius 1 is 0.471 bits per heavy atom. The summed E-state index contributed by atoms with van der Waals surface area (Å²) in [6, 6.07) is 0. The summed E-state index contributed by atoms with van der Waals surface area (Å²) in [4.78, 5) is 0. The summed E-state index contributed by atoms with van der Waals surface area (Å²) < 4.78 is 73.4. The van der Waals surface area contributed by atoms with Crippen molar-refractivity contribution in [2.75, 3.05) is 17.3 Å². The van der Waals surface area contributed by atoms with Gasteiger partial charge in [0.05, 0.1) is 57.2 Å². The second kappa shape index (κ2) is 22.7. The monoisotopic (exact) mass is 1380 g/mol. The van der Waals surface area contributed by atoms with Crippen LogP contribution in [-0.2, 0) is 61.6 Å². The van der Waals surface area contributed by atoms with Crippen LogP contribution < -0.4 is 0 Å². The quantitative estimate of drug-likeness (QED) is 0.269. The van der Waals surface area contributed by atoms with Gasteiger partial charge in [0.2, 0.25) is 0 Å². The summed E-state index contributed by atoms with van der Waals surface area (Å²) in [5.41, 5.74) is -1.75. The molecule has 0 aromatic rings. The number of aliphatic hydroxyl groups excluding tert-OH is 3. The van der Waals surface area contributed by atoms with Crippen LogP contribution in [-0.4, -0.2) is 158 Å². The van der Waals surface area contributed by atoms with E-state index in [-0.39, 0.29) is 137 Å². The smallest absolute Gasteiger partial charge is 0.272 e. The first-order chi connectivity index (χ1) is 32.0. The van der Waals surface area contributed by atoms with E-state index in [0.29, 0.717) is 6.42 Å². The fourth-order valence-corrected chi connectivity index (χ4v) is 15.6. The molecule has 4 aliphatic carbocycles. The second-order valence-corrected chi connectivity index (χ2v) is 24.8. The molecule has 26 heteroatoms. The van der Waals surface area contributed by atoms with Crippen LogP contribution in [0.15, 0.2) is 0 Å².